The first-order chi connectivity index (χ1) is 8.72. The molecule has 1 aromatic heterocycles. The lowest BCUT2D eigenvalue weighted by molar-refractivity contribution is 0.630. The molecule has 3 rings (SSSR count). The molecule has 3 nitrogen and oxygen atoms in total. The second-order valence-corrected chi connectivity index (χ2v) is 5.22. The Morgan fingerprint density at radius 2 is 2.11 bits per heavy atom. The number of nitrogens with zero attached hydrogens (tertiary/aromatic N) is 2. The number of benzene rings is 1. The Bertz CT molecular complexity index is 584. The van der Waals surface area contributed by atoms with Crippen LogP contribution in [-0.4, -0.2) is 16.0 Å². The predicted molar refractivity (Wildman–Crippen MR) is 71.8 cm³/mol. The Morgan fingerprint density at radius 1 is 1.28 bits per heavy atom. The van der Waals surface area contributed by atoms with E-state index in [9.17, 15) is 4.39 Å². The van der Waals surface area contributed by atoms with E-state index in [4.69, 9.17) is 0 Å². The van der Waals surface area contributed by atoms with Gasteiger partial charge in [0.05, 0.1) is 5.69 Å². The molecule has 18 heavy (non-hydrogen) atoms. The monoisotopic (exact) mass is 307 g/mol. The summed E-state index contributed by atoms with van der Waals surface area (Å²) in [5, 5.41) is 3.20. The summed E-state index contributed by atoms with van der Waals surface area (Å²) in [5.41, 5.74) is 1.07. The fraction of sp³-hybridized carbons (Fsp3) is 0.231. The lowest BCUT2D eigenvalue weighted by Gasteiger charge is -2.06. The molecule has 0 saturated heterocycles. The SMILES string of the molecule is Fc1ccc(Br)cc1-c1ccnc(NC2CC2)n1. The molecule has 1 saturated carbocycles. The Kier molecular flexibility index (Phi) is 2.99. The Labute approximate surface area is 113 Å². The zero-order valence-corrected chi connectivity index (χ0v) is 11.1. The summed E-state index contributed by atoms with van der Waals surface area (Å²) in [5.74, 6) is 0.281. The van der Waals surface area contributed by atoms with E-state index in [-0.39, 0.29) is 5.82 Å². The number of nitrogens with one attached hydrogen (secondary N) is 1. The summed E-state index contributed by atoms with van der Waals surface area (Å²) in [6.07, 6.45) is 3.95. The van der Waals surface area contributed by atoms with Gasteiger partial charge in [0.1, 0.15) is 5.82 Å². The van der Waals surface area contributed by atoms with Crippen LogP contribution < -0.4 is 5.32 Å². The first kappa shape index (κ1) is 11.6. The number of aromatic nitrogens is 2. The molecule has 2 aromatic rings. The molecule has 0 spiro atoms. The molecular weight excluding hydrogens is 297 g/mol. The number of hydrogen-bond acceptors (Lipinski definition) is 3. The normalized spacial score (nSPS) is 14.6. The molecule has 0 unspecified atom stereocenters. The molecule has 1 aliphatic carbocycles. The highest BCUT2D eigenvalue weighted by molar-refractivity contribution is 9.10. The second kappa shape index (κ2) is 4.65. The molecule has 0 bridgehead atoms. The van der Waals surface area contributed by atoms with Crippen LogP contribution in [0.5, 0.6) is 0 Å². The topological polar surface area (TPSA) is 37.8 Å². The Hall–Kier alpha value is -1.49. The van der Waals surface area contributed by atoms with Gasteiger partial charge in [-0.2, -0.15) is 0 Å². The van der Waals surface area contributed by atoms with Crippen molar-refractivity contribution in [3.63, 3.8) is 0 Å². The fourth-order valence-electron chi connectivity index (χ4n) is 1.68. The molecule has 1 heterocycles. The van der Waals surface area contributed by atoms with Gasteiger partial charge in [-0.05, 0) is 37.1 Å². The minimum absolute atomic E-state index is 0.283. The molecule has 1 aromatic carbocycles. The van der Waals surface area contributed by atoms with E-state index < -0.39 is 0 Å². The smallest absolute Gasteiger partial charge is 0.223 e. The van der Waals surface area contributed by atoms with Gasteiger partial charge in [-0.15, -0.1) is 0 Å². The summed E-state index contributed by atoms with van der Waals surface area (Å²) in [6.45, 7) is 0. The van der Waals surface area contributed by atoms with E-state index in [0.29, 0.717) is 23.2 Å². The summed E-state index contributed by atoms with van der Waals surface area (Å²) < 4.78 is 14.6. The van der Waals surface area contributed by atoms with Gasteiger partial charge in [-0.1, -0.05) is 15.9 Å². The zero-order valence-electron chi connectivity index (χ0n) is 9.53. The molecule has 0 amide bonds. The van der Waals surface area contributed by atoms with Crippen molar-refractivity contribution < 1.29 is 4.39 Å². The van der Waals surface area contributed by atoms with Crippen LogP contribution in [0.1, 0.15) is 12.8 Å². The highest BCUT2D eigenvalue weighted by atomic mass is 79.9. The van der Waals surface area contributed by atoms with Crippen molar-refractivity contribution in [2.45, 2.75) is 18.9 Å². The van der Waals surface area contributed by atoms with E-state index in [1.54, 1.807) is 24.4 Å². The number of anilines is 1. The molecule has 5 heteroatoms. The lowest BCUT2D eigenvalue weighted by atomic mass is 10.1. The Morgan fingerprint density at radius 3 is 2.89 bits per heavy atom. The van der Waals surface area contributed by atoms with E-state index in [1.165, 1.54) is 6.07 Å². The highest BCUT2D eigenvalue weighted by Crippen LogP contribution is 2.27. The van der Waals surface area contributed by atoms with Gasteiger partial charge in [0, 0.05) is 22.3 Å². The minimum atomic E-state index is -0.283. The molecule has 1 aliphatic rings. The lowest BCUT2D eigenvalue weighted by Crippen LogP contribution is -2.05. The third kappa shape index (κ3) is 2.51. The molecule has 92 valence electrons. The van der Waals surface area contributed by atoms with Crippen molar-refractivity contribution in [1.82, 2.24) is 9.97 Å². The third-order valence-corrected chi connectivity index (χ3v) is 3.26. The van der Waals surface area contributed by atoms with Crippen molar-refractivity contribution in [1.29, 1.82) is 0 Å². The highest BCUT2D eigenvalue weighted by Gasteiger charge is 2.22. The van der Waals surface area contributed by atoms with Gasteiger partial charge in [-0.3, -0.25) is 0 Å². The molecular formula is C13H11BrFN3. The van der Waals surface area contributed by atoms with E-state index in [0.717, 1.165) is 17.3 Å². The maximum absolute atomic E-state index is 13.8. The average molecular weight is 308 g/mol. The van der Waals surface area contributed by atoms with Crippen molar-refractivity contribution in [3.05, 3.63) is 40.8 Å². The summed E-state index contributed by atoms with van der Waals surface area (Å²) in [7, 11) is 0. The molecule has 1 N–H and O–H groups in total. The van der Waals surface area contributed by atoms with Gasteiger partial charge in [0.25, 0.3) is 0 Å². The fourth-order valence-corrected chi connectivity index (χ4v) is 2.04. The van der Waals surface area contributed by atoms with Gasteiger partial charge in [0.2, 0.25) is 5.95 Å². The van der Waals surface area contributed by atoms with Crippen molar-refractivity contribution >= 4 is 21.9 Å². The van der Waals surface area contributed by atoms with Crippen LogP contribution in [0.25, 0.3) is 11.3 Å². The van der Waals surface area contributed by atoms with Crippen molar-refractivity contribution in [3.8, 4) is 11.3 Å². The van der Waals surface area contributed by atoms with Gasteiger partial charge >= 0.3 is 0 Å². The van der Waals surface area contributed by atoms with Crippen molar-refractivity contribution in [2.75, 3.05) is 5.32 Å². The van der Waals surface area contributed by atoms with E-state index in [2.05, 4.69) is 31.2 Å². The van der Waals surface area contributed by atoms with E-state index >= 15 is 0 Å². The average Bonchev–Trinajstić information content (AvgIpc) is 3.16. The van der Waals surface area contributed by atoms with E-state index in [1.807, 2.05) is 0 Å². The van der Waals surface area contributed by atoms with Crippen LogP contribution in [-0.2, 0) is 0 Å². The maximum atomic E-state index is 13.8. The zero-order chi connectivity index (χ0) is 12.5. The first-order valence-electron chi connectivity index (χ1n) is 5.77. The van der Waals surface area contributed by atoms with Crippen LogP contribution in [0.4, 0.5) is 10.3 Å². The van der Waals surface area contributed by atoms with Gasteiger partial charge in [0.15, 0.2) is 0 Å². The summed E-state index contributed by atoms with van der Waals surface area (Å²) in [4.78, 5) is 8.48. The van der Waals surface area contributed by atoms with Crippen LogP contribution in [0.3, 0.4) is 0 Å². The first-order valence-corrected chi connectivity index (χ1v) is 6.57. The predicted octanol–water partition coefficient (Wildman–Crippen LogP) is 3.62. The minimum Gasteiger partial charge on any atom is -0.351 e. The van der Waals surface area contributed by atoms with Crippen molar-refractivity contribution in [2.24, 2.45) is 0 Å². The van der Waals surface area contributed by atoms with Crippen LogP contribution in [0, 0.1) is 5.82 Å². The summed E-state index contributed by atoms with van der Waals surface area (Å²) >= 11 is 3.34. The quantitative estimate of drug-likeness (QED) is 0.941. The van der Waals surface area contributed by atoms with Gasteiger partial charge in [-0.25, -0.2) is 14.4 Å². The number of halogens is 2. The van der Waals surface area contributed by atoms with Gasteiger partial charge < -0.3 is 5.32 Å². The standard InChI is InChI=1S/C13H11BrFN3/c14-8-1-4-11(15)10(7-8)12-5-6-16-13(18-12)17-9-2-3-9/h1,4-7,9H,2-3H2,(H,16,17,18). The molecule has 0 aliphatic heterocycles. The number of rotatable bonds is 3. The molecule has 1 fully saturated rings. The molecule has 0 radical (unpaired) electrons. The number of hydrogen-bond donors (Lipinski definition) is 1. The Balaban J connectivity index is 1.96. The largest absolute Gasteiger partial charge is 0.351 e. The van der Waals surface area contributed by atoms with Crippen LogP contribution >= 0.6 is 15.9 Å². The third-order valence-electron chi connectivity index (χ3n) is 2.77. The maximum Gasteiger partial charge on any atom is 0.223 e. The van der Waals surface area contributed by atoms with Crippen LogP contribution in [0.2, 0.25) is 0 Å². The summed E-state index contributed by atoms with van der Waals surface area (Å²) in [6, 6.07) is 7.01. The second-order valence-electron chi connectivity index (χ2n) is 4.31. The molecule has 0 atom stereocenters. The van der Waals surface area contributed by atoms with Crippen LogP contribution in [0.15, 0.2) is 34.9 Å².